The van der Waals surface area contributed by atoms with E-state index < -0.39 is 6.03 Å². The molecule has 0 radical (unpaired) electrons. The predicted octanol–water partition coefficient (Wildman–Crippen LogP) is 4.61. The van der Waals surface area contributed by atoms with Gasteiger partial charge in [-0.25, -0.2) is 9.86 Å². The standard InChI is InChI=1S/C23H34N2O4/c1-9-29-24(8)21(28)25-11-10-16(20(25)27)12-15-13-17(22(2,3)4)19(26)18(14-15)23(5,6)7/h12-14,26H,9-11H2,1-8H3/b16-12-. The van der Waals surface area contributed by atoms with Crippen molar-refractivity contribution in [2.75, 3.05) is 20.2 Å². The quantitative estimate of drug-likeness (QED) is 0.592. The SMILES string of the molecule is CCON(C)C(=O)N1CC/C(=C/c2cc(C(C)(C)C)c(O)c(C(C)(C)C)c2)C1=O. The van der Waals surface area contributed by atoms with Gasteiger partial charge in [0.25, 0.3) is 5.91 Å². The van der Waals surface area contributed by atoms with Gasteiger partial charge in [-0.15, -0.1) is 0 Å². The van der Waals surface area contributed by atoms with Crippen LogP contribution < -0.4 is 0 Å². The summed E-state index contributed by atoms with van der Waals surface area (Å²) in [7, 11) is 1.51. The maximum absolute atomic E-state index is 12.8. The molecule has 29 heavy (non-hydrogen) atoms. The van der Waals surface area contributed by atoms with Crippen LogP contribution in [0.25, 0.3) is 6.08 Å². The van der Waals surface area contributed by atoms with E-state index in [1.54, 1.807) is 6.92 Å². The molecule has 3 amide bonds. The molecule has 0 unspecified atom stereocenters. The van der Waals surface area contributed by atoms with Crippen molar-refractivity contribution in [3.63, 3.8) is 0 Å². The van der Waals surface area contributed by atoms with E-state index >= 15 is 0 Å². The van der Waals surface area contributed by atoms with E-state index in [0.717, 1.165) is 21.8 Å². The molecular weight excluding hydrogens is 368 g/mol. The first-order valence-electron chi connectivity index (χ1n) is 10.1. The van der Waals surface area contributed by atoms with E-state index in [1.807, 2.05) is 18.2 Å². The van der Waals surface area contributed by atoms with E-state index in [4.69, 9.17) is 4.84 Å². The van der Waals surface area contributed by atoms with Gasteiger partial charge >= 0.3 is 6.03 Å². The number of aromatic hydroxyl groups is 1. The Kier molecular flexibility index (Phi) is 6.48. The van der Waals surface area contributed by atoms with Crippen LogP contribution in [0.2, 0.25) is 0 Å². The molecule has 0 aromatic heterocycles. The second-order valence-corrected chi connectivity index (χ2v) is 9.54. The summed E-state index contributed by atoms with van der Waals surface area (Å²) in [6, 6.07) is 3.40. The maximum Gasteiger partial charge on any atom is 0.350 e. The molecule has 1 saturated heterocycles. The molecule has 1 N–H and O–H groups in total. The van der Waals surface area contributed by atoms with Crippen molar-refractivity contribution in [2.24, 2.45) is 0 Å². The van der Waals surface area contributed by atoms with Gasteiger partial charge in [0.05, 0.1) is 6.61 Å². The highest BCUT2D eigenvalue weighted by atomic mass is 16.7. The lowest BCUT2D eigenvalue weighted by Crippen LogP contribution is -2.41. The number of urea groups is 1. The minimum Gasteiger partial charge on any atom is -0.507 e. The van der Waals surface area contributed by atoms with E-state index in [0.29, 0.717) is 30.9 Å². The summed E-state index contributed by atoms with van der Waals surface area (Å²) in [5.41, 5.74) is 2.61. The monoisotopic (exact) mass is 402 g/mol. The topological polar surface area (TPSA) is 70.1 Å². The summed E-state index contributed by atoms with van der Waals surface area (Å²) in [5.74, 6) is 0.00397. The minimum absolute atomic E-state index is 0.250. The fourth-order valence-electron chi connectivity index (χ4n) is 3.43. The molecule has 1 aromatic rings. The third kappa shape index (κ3) is 4.99. The summed E-state index contributed by atoms with van der Waals surface area (Å²) in [5, 5.41) is 12.0. The number of hydrogen-bond donors (Lipinski definition) is 1. The number of imide groups is 1. The number of phenols is 1. The molecule has 6 heteroatoms. The van der Waals surface area contributed by atoms with Crippen LogP contribution in [0.4, 0.5) is 4.79 Å². The van der Waals surface area contributed by atoms with Gasteiger partial charge in [-0.2, -0.15) is 0 Å². The Morgan fingerprint density at radius 2 is 1.69 bits per heavy atom. The molecule has 2 rings (SSSR count). The molecule has 1 aliphatic rings. The molecule has 1 heterocycles. The number of benzene rings is 1. The smallest absolute Gasteiger partial charge is 0.350 e. The largest absolute Gasteiger partial charge is 0.507 e. The fourth-order valence-corrected chi connectivity index (χ4v) is 3.43. The second-order valence-electron chi connectivity index (χ2n) is 9.54. The van der Waals surface area contributed by atoms with Crippen molar-refractivity contribution in [1.29, 1.82) is 0 Å². The fraction of sp³-hybridized carbons (Fsp3) is 0.565. The number of nitrogens with zero attached hydrogens (tertiary/aromatic N) is 2. The van der Waals surface area contributed by atoms with Gasteiger partial charge in [-0.3, -0.25) is 14.5 Å². The second kappa shape index (κ2) is 8.19. The first kappa shape index (κ1) is 22.9. The summed E-state index contributed by atoms with van der Waals surface area (Å²) >= 11 is 0. The zero-order valence-corrected chi connectivity index (χ0v) is 18.9. The normalized spacial score (nSPS) is 16.6. The minimum atomic E-state index is -0.461. The van der Waals surface area contributed by atoms with Crippen LogP contribution in [0.1, 0.15) is 71.6 Å². The third-order valence-electron chi connectivity index (χ3n) is 5.04. The highest BCUT2D eigenvalue weighted by Gasteiger charge is 2.33. The van der Waals surface area contributed by atoms with E-state index in [2.05, 4.69) is 41.5 Å². The molecule has 1 aromatic carbocycles. The molecule has 0 spiro atoms. The Balaban J connectivity index is 2.44. The van der Waals surface area contributed by atoms with Gasteiger partial charge in [0.2, 0.25) is 0 Å². The van der Waals surface area contributed by atoms with Gasteiger partial charge in [-0.1, -0.05) is 41.5 Å². The number of hydroxylamine groups is 2. The number of likely N-dealkylation sites (tertiary alicyclic amines) is 1. The first-order valence-corrected chi connectivity index (χ1v) is 10.1. The van der Waals surface area contributed by atoms with Crippen molar-refractivity contribution >= 4 is 18.0 Å². The van der Waals surface area contributed by atoms with Crippen molar-refractivity contribution in [3.05, 3.63) is 34.4 Å². The van der Waals surface area contributed by atoms with Gasteiger partial charge in [0.15, 0.2) is 0 Å². The molecule has 0 bridgehead atoms. The van der Waals surface area contributed by atoms with Crippen LogP contribution in [-0.2, 0) is 20.5 Å². The Labute approximate surface area is 174 Å². The summed E-state index contributed by atoms with van der Waals surface area (Å²) in [4.78, 5) is 31.6. The predicted molar refractivity (Wildman–Crippen MR) is 115 cm³/mol. The average molecular weight is 403 g/mol. The number of phenolic OH excluding ortho intramolecular Hbond substituents is 1. The zero-order chi connectivity index (χ0) is 22.1. The highest BCUT2D eigenvalue weighted by Crippen LogP contribution is 2.40. The number of carbonyl (C=O) groups excluding carboxylic acids is 2. The highest BCUT2D eigenvalue weighted by molar-refractivity contribution is 6.08. The first-order chi connectivity index (χ1) is 13.3. The summed E-state index contributed by atoms with van der Waals surface area (Å²) in [6.07, 6.45) is 2.32. The molecule has 0 atom stereocenters. The van der Waals surface area contributed by atoms with E-state index in [1.165, 1.54) is 11.9 Å². The van der Waals surface area contributed by atoms with E-state index in [9.17, 15) is 14.7 Å². The number of rotatable bonds is 3. The van der Waals surface area contributed by atoms with Crippen LogP contribution in [0.15, 0.2) is 17.7 Å². The molecular formula is C23H34N2O4. The van der Waals surface area contributed by atoms with Gasteiger partial charge in [0.1, 0.15) is 5.75 Å². The van der Waals surface area contributed by atoms with Gasteiger partial charge < -0.3 is 5.11 Å². The lowest BCUT2D eigenvalue weighted by molar-refractivity contribution is -0.129. The third-order valence-corrected chi connectivity index (χ3v) is 5.04. The number of carbonyl (C=O) groups is 2. The molecule has 1 fully saturated rings. The Morgan fingerprint density at radius 3 is 2.14 bits per heavy atom. The van der Waals surface area contributed by atoms with Crippen LogP contribution >= 0.6 is 0 Å². The Morgan fingerprint density at radius 1 is 1.17 bits per heavy atom. The molecule has 6 nitrogen and oxygen atoms in total. The molecule has 1 aliphatic heterocycles. The summed E-state index contributed by atoms with van der Waals surface area (Å²) in [6.45, 7) is 14.8. The zero-order valence-electron chi connectivity index (χ0n) is 18.9. The summed E-state index contributed by atoms with van der Waals surface area (Å²) < 4.78 is 0. The van der Waals surface area contributed by atoms with Crippen LogP contribution in [0.5, 0.6) is 5.75 Å². The Bertz CT molecular complexity index is 793. The van der Waals surface area contributed by atoms with Gasteiger partial charge in [-0.05, 0) is 47.9 Å². The lowest BCUT2D eigenvalue weighted by Gasteiger charge is -2.28. The molecule has 0 saturated carbocycles. The van der Waals surface area contributed by atoms with Crippen molar-refractivity contribution in [2.45, 2.75) is 65.7 Å². The average Bonchev–Trinajstić information content (AvgIpc) is 2.94. The molecule has 0 aliphatic carbocycles. The van der Waals surface area contributed by atoms with Crippen LogP contribution in [0, 0.1) is 0 Å². The Hall–Kier alpha value is -2.34. The molecule has 160 valence electrons. The van der Waals surface area contributed by atoms with Crippen molar-refractivity contribution < 1.29 is 19.5 Å². The number of amides is 3. The van der Waals surface area contributed by atoms with Crippen LogP contribution in [-0.4, -0.2) is 47.2 Å². The number of hydrogen-bond acceptors (Lipinski definition) is 4. The lowest BCUT2D eigenvalue weighted by atomic mass is 9.78. The van der Waals surface area contributed by atoms with Crippen molar-refractivity contribution in [3.8, 4) is 5.75 Å². The van der Waals surface area contributed by atoms with Crippen LogP contribution in [0.3, 0.4) is 0 Å². The van der Waals surface area contributed by atoms with Crippen molar-refractivity contribution in [1.82, 2.24) is 9.96 Å². The van der Waals surface area contributed by atoms with Gasteiger partial charge in [0, 0.05) is 30.3 Å². The maximum atomic E-state index is 12.8. The van der Waals surface area contributed by atoms with E-state index in [-0.39, 0.29) is 16.7 Å².